The summed E-state index contributed by atoms with van der Waals surface area (Å²) in [6.45, 7) is 33.9. The molecule has 0 saturated carbocycles. The molecule has 0 fully saturated rings. The molecule has 0 aromatic carbocycles. The zero-order valence-electron chi connectivity index (χ0n) is 38.8. The second kappa shape index (κ2) is 185. The van der Waals surface area contributed by atoms with Gasteiger partial charge in [-0.05, 0) is 45.8 Å². The van der Waals surface area contributed by atoms with Gasteiger partial charge >= 0.3 is 0 Å². The van der Waals surface area contributed by atoms with Gasteiger partial charge in [-0.3, -0.25) is 0 Å². The van der Waals surface area contributed by atoms with Gasteiger partial charge in [-0.2, -0.15) is 0 Å². The minimum Gasteiger partial charge on any atom is -0.422 e. The van der Waals surface area contributed by atoms with Crippen molar-refractivity contribution in [2.75, 3.05) is 162 Å². The fourth-order valence-corrected chi connectivity index (χ4v) is 6.46. The summed E-state index contributed by atoms with van der Waals surface area (Å²) in [5.41, 5.74) is 0. The molecule has 0 saturated heterocycles. The van der Waals surface area contributed by atoms with E-state index in [1.165, 1.54) is 0 Å². The predicted molar refractivity (Wildman–Crippen MR) is 420 cm³/mol. The van der Waals surface area contributed by atoms with Gasteiger partial charge < -0.3 is 65.1 Å². The lowest BCUT2D eigenvalue weighted by Crippen LogP contribution is -2.38. The number of ether oxygens (including phenoxy) is 10. The lowest BCUT2D eigenvalue weighted by Gasteiger charge is -2.22. The molecule has 0 aliphatic carbocycles. The highest BCUT2D eigenvalue weighted by Gasteiger charge is 2.22. The molecule has 552 valence electrons. The predicted octanol–water partition coefficient (Wildman–Crippen LogP) is 21.9. The molecule has 19 heteroatoms. The topological polar surface area (TPSA) is 129 Å². The standard InChI is InChI=1S/C9H22O4Si.C7H18O2Si.C6H16O2Si.C5H14O2Si.C4H12O2Si.C4H10O2.27CH4/c1-10-5-7-12-9-14(3,4)13-8-6-11-2;1-8-5-6-9-7-10(2,3)4;1-7-5-6-8-9(2,3)4;1-6-4-5-7-8(2)3;1-5-3-4-6-7-2;1-5-3-4-6-2;;;;;;;;;;;;;;;;;;;;;;;;;;;/h5-9H2,1-4H3;5-7H2,1-4H3;5-6H2,1-4H3;8H,4-5H2,1-3H3;3-4,7H2,1-2H3;3-4H2,1-2H3;27*1H4. The molecule has 0 aromatic heterocycles. The van der Waals surface area contributed by atoms with Gasteiger partial charge in [0, 0.05) is 63.1 Å². The summed E-state index contributed by atoms with van der Waals surface area (Å²) in [6, 6.07) is 0. The third-order valence-electron chi connectivity index (χ3n) is 5.32. The Hall–Kier alpha value is 0.524. The Morgan fingerprint density at radius 2 is 0.506 bits per heavy atom. The monoisotopic (exact) mass is 1310 g/mol. The average molecular weight is 1310 g/mol. The Balaban J connectivity index is -0.0000000105. The summed E-state index contributed by atoms with van der Waals surface area (Å²) >= 11 is 0. The maximum atomic E-state index is 5.70. The van der Waals surface area contributed by atoms with E-state index in [1.54, 1.807) is 56.9 Å². The first-order valence-corrected chi connectivity index (χ1v) is 33.9. The van der Waals surface area contributed by atoms with Crippen molar-refractivity contribution in [1.82, 2.24) is 0 Å². The highest BCUT2D eigenvalue weighted by atomic mass is 28.4. The van der Waals surface area contributed by atoms with E-state index in [1.807, 2.05) is 0 Å². The molecule has 0 radical (unpaired) electrons. The van der Waals surface area contributed by atoms with E-state index >= 15 is 0 Å². The van der Waals surface area contributed by atoms with E-state index < -0.39 is 33.7 Å². The van der Waals surface area contributed by atoms with Gasteiger partial charge in [0.05, 0.1) is 107 Å². The fourth-order valence-electron chi connectivity index (χ4n) is 2.68. The lowest BCUT2D eigenvalue weighted by atomic mass is 10.8. The molecule has 0 spiro atoms. The van der Waals surface area contributed by atoms with Gasteiger partial charge in [-0.1, -0.05) is 227 Å². The van der Waals surface area contributed by atoms with Gasteiger partial charge in [0.25, 0.3) is 0 Å². The highest BCUT2D eigenvalue weighted by molar-refractivity contribution is 6.76. The molecule has 0 N–H and O–H groups in total. The minimum atomic E-state index is -1.65. The smallest absolute Gasteiger partial charge is 0.212 e. The van der Waals surface area contributed by atoms with Gasteiger partial charge in [0.2, 0.25) is 8.32 Å². The molecule has 0 aromatic rings. The van der Waals surface area contributed by atoms with E-state index in [4.69, 9.17) is 55.6 Å². The quantitative estimate of drug-likeness (QED) is 0.0520. The third kappa shape index (κ3) is 335. The maximum absolute atomic E-state index is 5.70. The largest absolute Gasteiger partial charge is 0.422 e. The Labute approximate surface area is 540 Å². The summed E-state index contributed by atoms with van der Waals surface area (Å²) in [6.07, 6.45) is 1.65. The van der Waals surface area contributed by atoms with Crippen molar-refractivity contribution in [3.05, 3.63) is 0 Å². The first-order chi connectivity index (χ1) is 25.3. The van der Waals surface area contributed by atoms with E-state index in [0.29, 0.717) is 59.1 Å². The molecule has 0 heterocycles. The number of hydrogen-bond donors (Lipinski definition) is 0. The van der Waals surface area contributed by atoms with Crippen molar-refractivity contribution in [1.29, 1.82) is 0 Å². The molecule has 0 aliphatic rings. The Kier molecular flexibility index (Phi) is 512. The van der Waals surface area contributed by atoms with Crippen molar-refractivity contribution in [2.24, 2.45) is 0 Å². The van der Waals surface area contributed by atoms with Crippen molar-refractivity contribution in [3.63, 3.8) is 0 Å². The zero-order chi connectivity index (χ0) is 43.0. The third-order valence-corrected chi connectivity index (χ3v) is 10.9. The van der Waals surface area contributed by atoms with Crippen LogP contribution in [-0.4, -0.2) is 205 Å². The summed E-state index contributed by atoms with van der Waals surface area (Å²) in [5.74, 6) is 0. The first-order valence-electron chi connectivity index (χ1n) is 18.9. The normalized spacial score (nSPS) is 7.56. The molecule has 0 rings (SSSR count). The van der Waals surface area contributed by atoms with Crippen LogP contribution in [0.1, 0.15) is 201 Å². The van der Waals surface area contributed by atoms with E-state index in [2.05, 4.69) is 81.5 Å². The second-order valence-corrected chi connectivity index (χ2v) is 31.7. The highest BCUT2D eigenvalue weighted by Crippen LogP contribution is 2.04. The summed E-state index contributed by atoms with van der Waals surface area (Å²) in [4.78, 5) is 0. The average Bonchev–Trinajstić information content (AvgIpc) is 3.09. The van der Waals surface area contributed by atoms with Crippen LogP contribution < -0.4 is 0 Å². The lowest BCUT2D eigenvalue weighted by molar-refractivity contribution is 0.0800. The van der Waals surface area contributed by atoms with Gasteiger partial charge in [0.15, 0.2) is 27.1 Å². The molecule has 0 amide bonds. The number of rotatable bonds is 29. The molecule has 81 heavy (non-hydrogen) atoms. The van der Waals surface area contributed by atoms with E-state index in [9.17, 15) is 0 Å². The molecule has 14 nitrogen and oxygen atoms in total. The second-order valence-electron chi connectivity index (χ2n) is 14.3. The molecule has 0 unspecified atom stereocenters. The van der Waals surface area contributed by atoms with E-state index in [0.717, 1.165) is 45.9 Å². The van der Waals surface area contributed by atoms with Crippen molar-refractivity contribution >= 4 is 43.5 Å². The van der Waals surface area contributed by atoms with Crippen LogP contribution in [0.3, 0.4) is 0 Å². The van der Waals surface area contributed by atoms with Gasteiger partial charge in [-0.25, -0.2) is 0 Å². The van der Waals surface area contributed by atoms with Crippen molar-refractivity contribution in [2.45, 2.75) is 273 Å². The Morgan fingerprint density at radius 3 is 0.741 bits per heavy atom. The SMILES string of the molecule is C.C.C.C.C.C.C.C.C.C.C.C.C.C.C.C.C.C.C.C.C.C.C.C.C.C.C.COCCOC.COCCOC[Si](C)(C)C.COCCOC[Si](C)(C)OCCOC.COCCO[SiH2]C.COCCO[SiH](C)C.COCCO[Si](C)(C)C. The first kappa shape index (κ1) is 225. The zero-order valence-corrected chi connectivity index (χ0v) is 44.4. The molecule has 0 aliphatic heterocycles. The minimum absolute atomic E-state index is 0. The molecular formula is C62H200O14Si5. The van der Waals surface area contributed by atoms with Crippen LogP contribution in [0.2, 0.25) is 72.0 Å². The van der Waals surface area contributed by atoms with Crippen LogP contribution in [0.25, 0.3) is 0 Å². The van der Waals surface area contributed by atoms with Crippen molar-refractivity contribution < 1.29 is 65.1 Å². The summed E-state index contributed by atoms with van der Waals surface area (Å²) in [7, 11) is 8.52. The van der Waals surface area contributed by atoms with Gasteiger partial charge in [-0.15, -0.1) is 0 Å². The number of methoxy groups -OCH3 is 8. The fraction of sp³-hybridized carbons (Fsp3) is 1.00. The van der Waals surface area contributed by atoms with Crippen LogP contribution in [0, 0.1) is 0 Å². The van der Waals surface area contributed by atoms with E-state index in [-0.39, 0.29) is 210 Å². The van der Waals surface area contributed by atoms with Crippen molar-refractivity contribution in [3.8, 4) is 0 Å². The molecule has 0 bridgehead atoms. The Morgan fingerprint density at radius 1 is 0.284 bits per heavy atom. The maximum Gasteiger partial charge on any atom is 0.212 e. The molecule has 0 atom stereocenters. The van der Waals surface area contributed by atoms with Crippen LogP contribution in [0.4, 0.5) is 0 Å². The van der Waals surface area contributed by atoms with Crippen LogP contribution >= 0.6 is 0 Å². The van der Waals surface area contributed by atoms with Crippen LogP contribution in [0.5, 0.6) is 0 Å². The Bertz CT molecular complexity index is 639. The summed E-state index contributed by atoms with van der Waals surface area (Å²) < 4.78 is 70.7. The van der Waals surface area contributed by atoms with Crippen LogP contribution in [0.15, 0.2) is 0 Å². The van der Waals surface area contributed by atoms with Crippen LogP contribution in [-0.2, 0) is 65.1 Å². The summed E-state index contributed by atoms with van der Waals surface area (Å²) in [5, 5.41) is 0. The number of hydrogen-bond acceptors (Lipinski definition) is 14. The van der Waals surface area contributed by atoms with Gasteiger partial charge in [0.1, 0.15) is 0 Å². The molecular weight excluding hydrogens is 1110 g/mol.